The number of aliphatic carboxylic acids is 2. The smallest absolute Gasteiger partial charge is 0.870 e. The Bertz CT molecular complexity index is 211. The molecule has 0 spiro atoms. The van der Waals surface area contributed by atoms with Gasteiger partial charge in [0, 0.05) is 11.9 Å². The molecule has 0 unspecified atom stereocenters. The Morgan fingerprint density at radius 3 is 1.14 bits per heavy atom. The van der Waals surface area contributed by atoms with Crippen LogP contribution in [0.5, 0.6) is 0 Å². The molecule has 0 atom stereocenters. The zero-order valence-corrected chi connectivity index (χ0v) is 17.4. The molecule has 0 saturated heterocycles. The van der Waals surface area contributed by atoms with E-state index in [1.54, 1.807) is 0 Å². The van der Waals surface area contributed by atoms with Crippen LogP contribution in [-0.4, -0.2) is 43.3 Å². The Balaban J connectivity index is -0.000000135. The molecule has 0 aromatic carbocycles. The summed E-state index contributed by atoms with van der Waals surface area (Å²) < 4.78 is 0. The van der Waals surface area contributed by atoms with E-state index in [0.29, 0.717) is 0 Å². The van der Waals surface area contributed by atoms with Crippen molar-refractivity contribution in [3.05, 3.63) is 0 Å². The molecule has 0 aromatic heterocycles. The van der Waals surface area contributed by atoms with Crippen molar-refractivity contribution < 1.29 is 25.3 Å². The number of carboxylic acid groups (broad SMARTS) is 2. The van der Waals surface area contributed by atoms with Gasteiger partial charge in [0.25, 0.3) is 0 Å². The molecule has 0 aliphatic rings. The number of hydrogen-bond acceptors (Lipinski definition) is 5. The molecule has 0 fully saturated rings. The van der Waals surface area contributed by atoms with Gasteiger partial charge in [0.1, 0.15) is 0 Å². The summed E-state index contributed by atoms with van der Waals surface area (Å²) in [5.74, 6) is -1.84. The van der Waals surface area contributed by atoms with Crippen molar-refractivity contribution in [2.24, 2.45) is 0 Å². The Hall–Kier alpha value is -0.230. The molecule has 0 radical (unpaired) electrons. The minimum absolute atomic E-state index is 0. The molecule has 0 amide bonds. The van der Waals surface area contributed by atoms with E-state index in [0.717, 1.165) is 38.5 Å². The molecule has 0 aliphatic heterocycles. The van der Waals surface area contributed by atoms with Gasteiger partial charge in [-0.2, -0.15) is 0 Å². The fourth-order valence-corrected chi connectivity index (χ4v) is 1.75. The first-order valence-corrected chi connectivity index (χ1v) is 7.94. The van der Waals surface area contributed by atoms with Crippen LogP contribution in [0.1, 0.15) is 90.9 Å². The second-order valence-corrected chi connectivity index (χ2v) is 5.07. The van der Waals surface area contributed by atoms with Crippen molar-refractivity contribution in [2.45, 2.75) is 90.9 Å². The Morgan fingerprint density at radius 2 is 0.909 bits per heavy atom. The predicted octanol–water partition coefficient (Wildman–Crippen LogP) is 1.64. The summed E-state index contributed by atoms with van der Waals surface area (Å²) in [6.45, 7) is 4.28. The summed E-state index contributed by atoms with van der Waals surface area (Å²) >= 11 is 0. The van der Waals surface area contributed by atoms with Crippen LogP contribution >= 0.6 is 0 Å². The van der Waals surface area contributed by atoms with Crippen LogP contribution in [-0.2, 0) is 9.59 Å². The van der Waals surface area contributed by atoms with E-state index in [9.17, 15) is 19.8 Å². The minimum Gasteiger partial charge on any atom is -0.870 e. The molecule has 0 aliphatic carbocycles. The number of carbonyl (C=O) groups excluding carboxylic acids is 2. The van der Waals surface area contributed by atoms with E-state index in [4.69, 9.17) is 0 Å². The fourth-order valence-electron chi connectivity index (χ4n) is 1.75. The molecular weight excluding hydrogens is 387 g/mol. The van der Waals surface area contributed by atoms with E-state index in [-0.39, 0.29) is 44.2 Å². The first-order valence-electron chi connectivity index (χ1n) is 7.94. The van der Waals surface area contributed by atoms with Crippen LogP contribution in [0.2, 0.25) is 0 Å². The van der Waals surface area contributed by atoms with Crippen molar-refractivity contribution in [3.63, 3.8) is 0 Å². The third-order valence-electron chi connectivity index (χ3n) is 2.97. The number of unbranched alkanes of at least 4 members (excludes halogenated alkanes) is 8. The summed E-state index contributed by atoms with van der Waals surface area (Å²) in [5, 5.41) is 19.8. The maximum atomic E-state index is 9.92. The van der Waals surface area contributed by atoms with Crippen LogP contribution < -0.4 is 10.2 Å². The fraction of sp³-hybridized carbons (Fsp3) is 0.875. The Morgan fingerprint density at radius 1 is 0.636 bits per heavy atom. The first kappa shape index (κ1) is 29.7. The molecule has 0 saturated carbocycles. The summed E-state index contributed by atoms with van der Waals surface area (Å²) in [7, 11) is 0. The van der Waals surface area contributed by atoms with Crippen LogP contribution in [0.25, 0.3) is 0 Å². The average molecular weight is 418 g/mol. The quantitative estimate of drug-likeness (QED) is 0.448. The molecule has 6 heteroatoms. The van der Waals surface area contributed by atoms with Gasteiger partial charge < -0.3 is 25.3 Å². The van der Waals surface area contributed by atoms with Crippen LogP contribution in [0.3, 0.4) is 0 Å². The van der Waals surface area contributed by atoms with Gasteiger partial charge in [-0.3, -0.25) is 0 Å². The summed E-state index contributed by atoms with van der Waals surface area (Å²) in [6.07, 6.45) is 11.2. The molecule has 0 heterocycles. The zero-order valence-electron chi connectivity index (χ0n) is 14.1. The maximum absolute atomic E-state index is 9.92. The maximum Gasteiger partial charge on any atom is 3.00 e. The summed E-state index contributed by atoms with van der Waals surface area (Å²) in [6, 6.07) is 0. The number of carboxylic acids is 2. The first-order chi connectivity index (χ1) is 9.54. The van der Waals surface area contributed by atoms with Crippen LogP contribution in [0, 0.1) is 0 Å². The van der Waals surface area contributed by atoms with Gasteiger partial charge >= 0.3 is 25.8 Å². The number of hydrogen-bond donors (Lipinski definition) is 0. The molecule has 5 nitrogen and oxygen atoms in total. The van der Waals surface area contributed by atoms with Gasteiger partial charge in [-0.25, -0.2) is 0 Å². The summed E-state index contributed by atoms with van der Waals surface area (Å²) in [5.41, 5.74) is 0. The largest absolute Gasteiger partial charge is 3.00 e. The monoisotopic (exact) mass is 418 g/mol. The van der Waals surface area contributed by atoms with E-state index in [1.165, 1.54) is 25.7 Å². The second-order valence-electron chi connectivity index (χ2n) is 5.07. The van der Waals surface area contributed by atoms with E-state index in [2.05, 4.69) is 13.8 Å². The standard InChI is InChI=1S/2C8H16O2.In.H2O/c2*1-2-3-4-5-6-7-8(9)10;;/h2*2-7H2,1H3,(H,9,10);;1H2/q;;+3;/p-3. The molecule has 0 rings (SSSR count). The second kappa shape index (κ2) is 25.7. The van der Waals surface area contributed by atoms with Crippen molar-refractivity contribution >= 4 is 37.8 Å². The van der Waals surface area contributed by atoms with Gasteiger partial charge in [0.05, 0.1) is 0 Å². The van der Waals surface area contributed by atoms with Gasteiger partial charge in [-0.1, -0.05) is 65.2 Å². The summed E-state index contributed by atoms with van der Waals surface area (Å²) in [4.78, 5) is 19.8. The van der Waals surface area contributed by atoms with Gasteiger partial charge in [-0.05, 0) is 25.7 Å². The SMILES string of the molecule is CCCCCCCC(=O)[O-].CCCCCCCC(=O)[O-].[In+3].[OH-]. The van der Waals surface area contributed by atoms with Gasteiger partial charge in [-0.15, -0.1) is 0 Å². The zero-order chi connectivity index (χ0) is 15.6. The Kier molecular flexibility index (Phi) is 34.8. The third-order valence-corrected chi connectivity index (χ3v) is 2.97. The van der Waals surface area contributed by atoms with Crippen molar-refractivity contribution in [2.75, 3.05) is 0 Å². The van der Waals surface area contributed by atoms with Gasteiger partial charge in [0.2, 0.25) is 0 Å². The normalized spacial score (nSPS) is 8.82. The van der Waals surface area contributed by atoms with E-state index in [1.807, 2.05) is 0 Å². The molecule has 0 bridgehead atoms. The van der Waals surface area contributed by atoms with Crippen LogP contribution in [0.15, 0.2) is 0 Å². The number of carbonyl (C=O) groups is 2. The molecule has 0 aromatic rings. The van der Waals surface area contributed by atoms with E-state index < -0.39 is 11.9 Å². The van der Waals surface area contributed by atoms with Crippen molar-refractivity contribution in [1.29, 1.82) is 0 Å². The Labute approximate surface area is 154 Å². The van der Waals surface area contributed by atoms with Crippen molar-refractivity contribution in [3.8, 4) is 0 Å². The molecule has 1 N–H and O–H groups in total. The molecular formula is C16H31InO5. The average Bonchev–Trinajstić information content (AvgIpc) is 2.38. The van der Waals surface area contributed by atoms with Crippen molar-refractivity contribution in [1.82, 2.24) is 0 Å². The van der Waals surface area contributed by atoms with Gasteiger partial charge in [0.15, 0.2) is 0 Å². The molecule has 22 heavy (non-hydrogen) atoms. The minimum atomic E-state index is -0.920. The van der Waals surface area contributed by atoms with E-state index >= 15 is 0 Å². The van der Waals surface area contributed by atoms with Crippen LogP contribution in [0.4, 0.5) is 0 Å². The predicted molar refractivity (Wildman–Crippen MR) is 84.5 cm³/mol. The topological polar surface area (TPSA) is 110 Å². The third kappa shape index (κ3) is 36.7. The molecule has 128 valence electrons. The number of rotatable bonds is 12.